The molecule has 7 nitrogen and oxygen atoms in total. The van der Waals surface area contributed by atoms with Crippen LogP contribution in [0.3, 0.4) is 0 Å². The molecule has 0 aliphatic rings. The van der Waals surface area contributed by atoms with Gasteiger partial charge in [-0.1, -0.05) is 0 Å². The standard InChI is InChI=1S/C14H17N5O2/c1-16-6-10(5-15)9-4-12(20)13-11(14(21)18(2)3)7-17-19(13)8-9/h4-8,20H,15H2,1-3H3. The maximum atomic E-state index is 12.1. The second-order valence-corrected chi connectivity index (χ2v) is 4.67. The number of allylic oxidation sites excluding steroid dienone is 1. The second kappa shape index (κ2) is 5.66. The highest BCUT2D eigenvalue weighted by Crippen LogP contribution is 2.26. The number of aromatic nitrogens is 2. The molecule has 0 aromatic carbocycles. The van der Waals surface area contributed by atoms with E-state index >= 15 is 0 Å². The van der Waals surface area contributed by atoms with Gasteiger partial charge in [0.2, 0.25) is 0 Å². The summed E-state index contributed by atoms with van der Waals surface area (Å²) in [5.41, 5.74) is 7.55. The molecule has 2 aromatic rings. The summed E-state index contributed by atoms with van der Waals surface area (Å²) in [6.45, 7) is 0. The van der Waals surface area contributed by atoms with Crippen molar-refractivity contribution in [2.24, 2.45) is 10.7 Å². The summed E-state index contributed by atoms with van der Waals surface area (Å²) in [5.74, 6) is -0.267. The number of rotatable bonds is 3. The monoisotopic (exact) mass is 287 g/mol. The number of nitrogens with zero attached hydrogens (tertiary/aromatic N) is 4. The molecular weight excluding hydrogens is 270 g/mol. The number of fused-ring (bicyclic) bond motifs is 1. The van der Waals surface area contributed by atoms with Gasteiger partial charge in [0.05, 0.1) is 11.8 Å². The molecule has 0 saturated heterocycles. The van der Waals surface area contributed by atoms with Crippen LogP contribution >= 0.6 is 0 Å². The van der Waals surface area contributed by atoms with E-state index in [2.05, 4.69) is 10.1 Å². The molecule has 0 spiro atoms. The van der Waals surface area contributed by atoms with E-state index < -0.39 is 0 Å². The summed E-state index contributed by atoms with van der Waals surface area (Å²) in [4.78, 5) is 17.4. The molecule has 7 heteroatoms. The molecule has 0 aliphatic carbocycles. The van der Waals surface area contributed by atoms with E-state index in [0.29, 0.717) is 22.2 Å². The fourth-order valence-electron chi connectivity index (χ4n) is 2.01. The number of hydrogen-bond acceptors (Lipinski definition) is 5. The maximum absolute atomic E-state index is 12.1. The summed E-state index contributed by atoms with van der Waals surface area (Å²) in [6.07, 6.45) is 6.09. The first-order valence-electron chi connectivity index (χ1n) is 6.26. The van der Waals surface area contributed by atoms with Crippen molar-refractivity contribution in [2.75, 3.05) is 21.1 Å². The van der Waals surface area contributed by atoms with Crippen LogP contribution in [0.25, 0.3) is 11.1 Å². The number of aromatic hydroxyl groups is 1. The number of carbonyl (C=O) groups is 1. The minimum absolute atomic E-state index is 0.0425. The topological polar surface area (TPSA) is 96.2 Å². The highest BCUT2D eigenvalue weighted by molar-refractivity contribution is 6.10. The van der Waals surface area contributed by atoms with Crippen LogP contribution in [0.4, 0.5) is 0 Å². The predicted octanol–water partition coefficient (Wildman–Crippen LogP) is 0.742. The van der Waals surface area contributed by atoms with Crippen molar-refractivity contribution in [2.45, 2.75) is 0 Å². The molecule has 0 saturated carbocycles. The van der Waals surface area contributed by atoms with Crippen molar-refractivity contribution < 1.29 is 9.90 Å². The lowest BCUT2D eigenvalue weighted by molar-refractivity contribution is 0.0829. The SMILES string of the molecule is CN=CC(=CN)c1cc(O)c2c(C(=O)N(C)C)cnn2c1. The molecule has 110 valence electrons. The van der Waals surface area contributed by atoms with Crippen molar-refractivity contribution in [3.63, 3.8) is 0 Å². The van der Waals surface area contributed by atoms with Gasteiger partial charge in [-0.2, -0.15) is 5.10 Å². The third-order valence-electron chi connectivity index (χ3n) is 3.01. The highest BCUT2D eigenvalue weighted by atomic mass is 16.3. The van der Waals surface area contributed by atoms with Gasteiger partial charge in [0.15, 0.2) is 0 Å². The Morgan fingerprint density at radius 2 is 2.24 bits per heavy atom. The average Bonchev–Trinajstić information content (AvgIpc) is 2.88. The third kappa shape index (κ3) is 2.58. The lowest BCUT2D eigenvalue weighted by Crippen LogP contribution is -2.21. The largest absolute Gasteiger partial charge is 0.506 e. The lowest BCUT2D eigenvalue weighted by Gasteiger charge is -2.10. The van der Waals surface area contributed by atoms with Crippen LogP contribution in [0.1, 0.15) is 15.9 Å². The molecule has 1 amide bonds. The van der Waals surface area contributed by atoms with Crippen molar-refractivity contribution in [3.05, 3.63) is 35.8 Å². The minimum atomic E-state index is -0.224. The Morgan fingerprint density at radius 1 is 1.52 bits per heavy atom. The molecule has 0 aliphatic heterocycles. The normalized spacial score (nSPS) is 12.2. The van der Waals surface area contributed by atoms with Crippen molar-refractivity contribution in [1.29, 1.82) is 0 Å². The molecule has 3 N–H and O–H groups in total. The van der Waals surface area contributed by atoms with Gasteiger partial charge in [-0.25, -0.2) is 4.52 Å². The fraction of sp³-hybridized carbons (Fsp3) is 0.214. The number of nitrogens with two attached hydrogens (primary N) is 1. The van der Waals surface area contributed by atoms with Gasteiger partial charge in [-0.3, -0.25) is 9.79 Å². The van der Waals surface area contributed by atoms with Crippen molar-refractivity contribution >= 4 is 23.2 Å². The number of aliphatic imine (C=N–C) groups is 1. The molecule has 0 unspecified atom stereocenters. The van der Waals surface area contributed by atoms with Crippen LogP contribution in [-0.4, -0.2) is 52.9 Å². The third-order valence-corrected chi connectivity index (χ3v) is 3.01. The minimum Gasteiger partial charge on any atom is -0.506 e. The van der Waals surface area contributed by atoms with Crippen LogP contribution in [-0.2, 0) is 0 Å². The Bertz CT molecular complexity index is 743. The zero-order valence-electron chi connectivity index (χ0n) is 12.1. The number of pyridine rings is 1. The summed E-state index contributed by atoms with van der Waals surface area (Å²) in [5, 5.41) is 14.3. The second-order valence-electron chi connectivity index (χ2n) is 4.67. The van der Waals surface area contributed by atoms with Gasteiger partial charge in [-0.05, 0) is 6.07 Å². The zero-order chi connectivity index (χ0) is 15.6. The zero-order valence-corrected chi connectivity index (χ0v) is 12.1. The molecule has 0 bridgehead atoms. The van der Waals surface area contributed by atoms with E-state index in [1.807, 2.05) is 0 Å². The summed E-state index contributed by atoms with van der Waals surface area (Å²) in [6, 6.07) is 1.53. The summed E-state index contributed by atoms with van der Waals surface area (Å²) in [7, 11) is 4.91. The van der Waals surface area contributed by atoms with E-state index in [4.69, 9.17) is 5.73 Å². The van der Waals surface area contributed by atoms with Gasteiger partial charge in [0.25, 0.3) is 5.91 Å². The van der Waals surface area contributed by atoms with Crippen LogP contribution in [0.5, 0.6) is 5.75 Å². The first kappa shape index (κ1) is 14.6. The van der Waals surface area contributed by atoms with Gasteiger partial charge < -0.3 is 15.7 Å². The van der Waals surface area contributed by atoms with Crippen LogP contribution < -0.4 is 5.73 Å². The number of amides is 1. The van der Waals surface area contributed by atoms with E-state index in [1.54, 1.807) is 33.6 Å². The molecule has 0 atom stereocenters. The Balaban J connectivity index is 2.63. The lowest BCUT2D eigenvalue weighted by atomic mass is 10.1. The Kier molecular flexibility index (Phi) is 3.93. The Labute approximate surface area is 122 Å². The number of hydrogen-bond donors (Lipinski definition) is 2. The molecule has 2 aromatic heterocycles. The first-order valence-corrected chi connectivity index (χ1v) is 6.26. The van der Waals surface area contributed by atoms with Crippen molar-refractivity contribution in [3.8, 4) is 5.75 Å². The molecule has 2 heterocycles. The van der Waals surface area contributed by atoms with Gasteiger partial charge in [0, 0.05) is 50.9 Å². The van der Waals surface area contributed by atoms with Crippen LogP contribution in [0, 0.1) is 0 Å². The van der Waals surface area contributed by atoms with Crippen molar-refractivity contribution in [1.82, 2.24) is 14.5 Å². The smallest absolute Gasteiger partial charge is 0.257 e. The Hall–Kier alpha value is -2.83. The maximum Gasteiger partial charge on any atom is 0.257 e. The van der Waals surface area contributed by atoms with E-state index in [9.17, 15) is 9.90 Å². The van der Waals surface area contributed by atoms with E-state index in [-0.39, 0.29) is 11.7 Å². The predicted molar refractivity (Wildman–Crippen MR) is 81.5 cm³/mol. The number of carbonyl (C=O) groups excluding carboxylic acids is 1. The van der Waals surface area contributed by atoms with Gasteiger partial charge in [-0.15, -0.1) is 0 Å². The van der Waals surface area contributed by atoms with E-state index in [0.717, 1.165) is 0 Å². The molecule has 0 radical (unpaired) electrons. The van der Waals surface area contributed by atoms with Crippen LogP contribution in [0.2, 0.25) is 0 Å². The molecular formula is C14H17N5O2. The fourth-order valence-corrected chi connectivity index (χ4v) is 2.01. The van der Waals surface area contributed by atoms with E-state index in [1.165, 1.54) is 27.9 Å². The average molecular weight is 287 g/mol. The summed E-state index contributed by atoms with van der Waals surface area (Å²) >= 11 is 0. The van der Waals surface area contributed by atoms with Gasteiger partial charge in [0.1, 0.15) is 11.3 Å². The molecule has 2 rings (SSSR count). The molecule has 21 heavy (non-hydrogen) atoms. The highest BCUT2D eigenvalue weighted by Gasteiger charge is 2.18. The molecule has 0 fully saturated rings. The quantitative estimate of drug-likeness (QED) is 0.814. The summed E-state index contributed by atoms with van der Waals surface area (Å²) < 4.78 is 1.45. The first-order chi connectivity index (χ1) is 9.99. The van der Waals surface area contributed by atoms with Gasteiger partial charge >= 0.3 is 0 Å². The van der Waals surface area contributed by atoms with Crippen LogP contribution in [0.15, 0.2) is 29.7 Å². The Morgan fingerprint density at radius 3 is 2.81 bits per heavy atom.